The second-order valence-corrected chi connectivity index (χ2v) is 8.83. The molecule has 0 aliphatic heterocycles. The molecule has 3 rings (SSSR count). The maximum absolute atomic E-state index is 14.5. The molecule has 9 heteroatoms. The maximum Gasteiger partial charge on any atom is 0.439 e. The number of aryl methyl sites for hydroxylation is 1. The van der Waals surface area contributed by atoms with Crippen molar-refractivity contribution < 1.29 is 39.9 Å². The molecule has 35 heavy (non-hydrogen) atoms. The molecule has 1 aliphatic carbocycles. The third kappa shape index (κ3) is 6.98. The zero-order valence-electron chi connectivity index (χ0n) is 19.0. The average Bonchev–Trinajstić information content (AvgIpc) is 2.79. The molecule has 0 bridgehead atoms. The van der Waals surface area contributed by atoms with Gasteiger partial charge in [0.2, 0.25) is 0 Å². The maximum atomic E-state index is 14.5. The Morgan fingerprint density at radius 2 is 1.63 bits per heavy atom. The molecule has 1 fully saturated rings. The van der Waals surface area contributed by atoms with Crippen molar-refractivity contribution in [2.24, 2.45) is 5.92 Å². The van der Waals surface area contributed by atoms with E-state index in [2.05, 4.69) is 4.74 Å². The third-order valence-electron chi connectivity index (χ3n) is 6.16. The standard InChI is InChI=1S/C26H26F8O/c1-2-3-17-8-12-20(21(27)14-17)19-10-6-16(7-11-19)4-5-18-9-13-23(22(28)15-18)35-26(33,34)24(29)25(30,31)32/h4-5,8-9,12-16,19,24H,2-3,6-7,10-11H2,1H3. The number of benzene rings is 2. The SMILES string of the molecule is CCCc1ccc(C2CCC(C=Cc3ccc(OC(F)(F)C(F)C(F)(F)F)c(F)c3)CC2)c(F)c1. The molecule has 0 saturated heterocycles. The molecular formula is C26H26F8O. The molecule has 0 spiro atoms. The van der Waals surface area contributed by atoms with Gasteiger partial charge >= 0.3 is 12.3 Å². The third-order valence-corrected chi connectivity index (χ3v) is 6.16. The fourth-order valence-corrected chi connectivity index (χ4v) is 4.31. The highest BCUT2D eigenvalue weighted by Crippen LogP contribution is 2.39. The van der Waals surface area contributed by atoms with Crippen molar-refractivity contribution in [2.75, 3.05) is 0 Å². The zero-order valence-corrected chi connectivity index (χ0v) is 19.0. The molecule has 0 aromatic heterocycles. The van der Waals surface area contributed by atoms with Gasteiger partial charge < -0.3 is 4.74 Å². The van der Waals surface area contributed by atoms with Gasteiger partial charge in [0, 0.05) is 0 Å². The Bertz CT molecular complexity index is 1020. The van der Waals surface area contributed by atoms with Gasteiger partial charge in [-0.05, 0) is 78.8 Å². The summed E-state index contributed by atoms with van der Waals surface area (Å²) in [7, 11) is 0. The van der Waals surface area contributed by atoms with Gasteiger partial charge in [-0.3, -0.25) is 0 Å². The monoisotopic (exact) mass is 506 g/mol. The summed E-state index contributed by atoms with van der Waals surface area (Å²) in [5, 5.41) is 0. The fraction of sp³-hybridized carbons (Fsp3) is 0.462. The second kappa shape index (κ2) is 11.0. The van der Waals surface area contributed by atoms with Gasteiger partial charge in [-0.15, -0.1) is 0 Å². The quantitative estimate of drug-likeness (QED) is 0.325. The summed E-state index contributed by atoms with van der Waals surface area (Å²) in [6.45, 7) is 2.04. The molecule has 0 heterocycles. The van der Waals surface area contributed by atoms with Crippen molar-refractivity contribution in [2.45, 2.75) is 69.8 Å². The smallest absolute Gasteiger partial charge is 0.427 e. The number of alkyl halides is 6. The van der Waals surface area contributed by atoms with Crippen molar-refractivity contribution in [3.63, 3.8) is 0 Å². The summed E-state index contributed by atoms with van der Waals surface area (Å²) in [6, 6.07) is 8.15. The van der Waals surface area contributed by atoms with Crippen molar-refractivity contribution in [3.8, 4) is 5.75 Å². The lowest BCUT2D eigenvalue weighted by molar-refractivity contribution is -0.305. The first kappa shape index (κ1) is 27.0. The number of hydrogen-bond acceptors (Lipinski definition) is 1. The molecule has 1 aliphatic rings. The molecule has 1 unspecified atom stereocenters. The van der Waals surface area contributed by atoms with Crippen molar-refractivity contribution in [3.05, 3.63) is 70.8 Å². The van der Waals surface area contributed by atoms with Crippen LogP contribution in [0.2, 0.25) is 0 Å². The Hall–Kier alpha value is -2.58. The van der Waals surface area contributed by atoms with E-state index in [-0.39, 0.29) is 23.2 Å². The summed E-state index contributed by atoms with van der Waals surface area (Å²) in [5.41, 5.74) is 1.97. The van der Waals surface area contributed by atoms with Crippen LogP contribution in [0.3, 0.4) is 0 Å². The lowest BCUT2D eigenvalue weighted by Crippen LogP contribution is -2.45. The van der Waals surface area contributed by atoms with Gasteiger partial charge in [0.25, 0.3) is 6.17 Å². The normalized spacial score (nSPS) is 20.3. The largest absolute Gasteiger partial charge is 0.439 e. The van der Waals surface area contributed by atoms with Crippen LogP contribution in [0.1, 0.15) is 61.6 Å². The van der Waals surface area contributed by atoms with Crippen LogP contribution in [0.5, 0.6) is 5.75 Å². The highest BCUT2D eigenvalue weighted by molar-refractivity contribution is 5.51. The lowest BCUT2D eigenvalue weighted by atomic mass is 9.78. The molecule has 2 aromatic carbocycles. The zero-order chi connectivity index (χ0) is 25.8. The Kier molecular flexibility index (Phi) is 8.49. The van der Waals surface area contributed by atoms with E-state index in [1.807, 2.05) is 25.1 Å². The minimum Gasteiger partial charge on any atom is -0.427 e. The fourth-order valence-electron chi connectivity index (χ4n) is 4.31. The molecule has 192 valence electrons. The Morgan fingerprint density at radius 1 is 0.943 bits per heavy atom. The summed E-state index contributed by atoms with van der Waals surface area (Å²) >= 11 is 0. The predicted octanol–water partition coefficient (Wildman–Crippen LogP) is 8.78. The first-order chi connectivity index (χ1) is 16.4. The number of allylic oxidation sites excluding steroid dienone is 1. The van der Waals surface area contributed by atoms with Gasteiger partial charge in [-0.1, -0.05) is 43.7 Å². The molecule has 0 amide bonds. The van der Waals surface area contributed by atoms with Crippen LogP contribution in [0.4, 0.5) is 35.1 Å². The first-order valence-electron chi connectivity index (χ1n) is 11.4. The molecular weight excluding hydrogens is 480 g/mol. The van der Waals surface area contributed by atoms with E-state index in [1.165, 1.54) is 6.07 Å². The molecule has 1 saturated carbocycles. The molecule has 0 N–H and O–H groups in total. The van der Waals surface area contributed by atoms with Crippen LogP contribution in [0, 0.1) is 17.6 Å². The highest BCUT2D eigenvalue weighted by Gasteiger charge is 2.59. The van der Waals surface area contributed by atoms with E-state index >= 15 is 0 Å². The predicted molar refractivity (Wildman–Crippen MR) is 117 cm³/mol. The average molecular weight is 506 g/mol. The van der Waals surface area contributed by atoms with Crippen molar-refractivity contribution >= 4 is 6.08 Å². The molecule has 0 radical (unpaired) electrons. The molecule has 1 atom stereocenters. The Labute approximate surface area is 198 Å². The van der Waals surface area contributed by atoms with Crippen molar-refractivity contribution in [1.29, 1.82) is 0 Å². The van der Waals surface area contributed by atoms with E-state index in [9.17, 15) is 35.1 Å². The second-order valence-electron chi connectivity index (χ2n) is 8.83. The highest BCUT2D eigenvalue weighted by atomic mass is 19.4. The first-order valence-corrected chi connectivity index (χ1v) is 11.4. The Morgan fingerprint density at radius 3 is 2.20 bits per heavy atom. The minimum atomic E-state index is -5.86. The number of ether oxygens (including phenoxy) is 1. The summed E-state index contributed by atoms with van der Waals surface area (Å²) in [6.07, 6.45) is -7.43. The van der Waals surface area contributed by atoms with Gasteiger partial charge in [0.1, 0.15) is 5.82 Å². The van der Waals surface area contributed by atoms with E-state index in [1.54, 1.807) is 12.1 Å². The van der Waals surface area contributed by atoms with E-state index in [0.717, 1.165) is 56.2 Å². The summed E-state index contributed by atoms with van der Waals surface area (Å²) in [5.74, 6) is -2.45. The van der Waals surface area contributed by atoms with Gasteiger partial charge in [0.05, 0.1) is 0 Å². The minimum absolute atomic E-state index is 0.113. The van der Waals surface area contributed by atoms with Crippen LogP contribution in [0.15, 0.2) is 42.5 Å². The van der Waals surface area contributed by atoms with Crippen LogP contribution in [0.25, 0.3) is 6.08 Å². The van der Waals surface area contributed by atoms with Crippen LogP contribution >= 0.6 is 0 Å². The summed E-state index contributed by atoms with van der Waals surface area (Å²) < 4.78 is 109. The van der Waals surface area contributed by atoms with E-state index < -0.39 is 30.0 Å². The van der Waals surface area contributed by atoms with Crippen LogP contribution in [-0.4, -0.2) is 18.5 Å². The lowest BCUT2D eigenvalue weighted by Gasteiger charge is -2.27. The van der Waals surface area contributed by atoms with E-state index in [0.29, 0.717) is 5.56 Å². The Balaban J connectivity index is 1.58. The van der Waals surface area contributed by atoms with E-state index in [4.69, 9.17) is 0 Å². The number of halogens is 8. The number of hydrogen-bond donors (Lipinski definition) is 0. The molecule has 2 aromatic rings. The van der Waals surface area contributed by atoms with Crippen LogP contribution in [-0.2, 0) is 6.42 Å². The van der Waals surface area contributed by atoms with Gasteiger partial charge in [-0.25, -0.2) is 13.2 Å². The number of rotatable bonds is 8. The van der Waals surface area contributed by atoms with Crippen LogP contribution < -0.4 is 4.74 Å². The summed E-state index contributed by atoms with van der Waals surface area (Å²) in [4.78, 5) is 0. The van der Waals surface area contributed by atoms with Gasteiger partial charge in [-0.2, -0.15) is 22.0 Å². The van der Waals surface area contributed by atoms with Gasteiger partial charge in [0.15, 0.2) is 11.6 Å². The van der Waals surface area contributed by atoms with Crippen molar-refractivity contribution in [1.82, 2.24) is 0 Å². The topological polar surface area (TPSA) is 9.23 Å². The molecule has 1 nitrogen and oxygen atoms in total.